The average Bonchev–Trinajstić information content (AvgIpc) is 3.44. The minimum Gasteiger partial charge on any atom is -0.480 e. The van der Waals surface area contributed by atoms with Gasteiger partial charge >= 0.3 is 5.97 Å². The first kappa shape index (κ1) is 40.7. The number of ether oxygens (including phenoxy) is 4. The monoisotopic (exact) mass is 680 g/mol. The van der Waals surface area contributed by atoms with Crippen molar-refractivity contribution in [1.82, 2.24) is 30.5 Å². The highest BCUT2D eigenvalue weighted by Crippen LogP contribution is 2.21. The van der Waals surface area contributed by atoms with Gasteiger partial charge in [-0.25, -0.2) is 9.80 Å². The number of carboxylic acid groups (broad SMARTS) is 1. The van der Waals surface area contributed by atoms with Crippen LogP contribution in [0, 0.1) is 0 Å². The van der Waals surface area contributed by atoms with Crippen LogP contribution < -0.4 is 16.1 Å². The van der Waals surface area contributed by atoms with Crippen LogP contribution in [0.1, 0.15) is 30.3 Å². The molecule has 2 amide bonds. The average molecular weight is 681 g/mol. The summed E-state index contributed by atoms with van der Waals surface area (Å²) in [6.45, 7) is 4.41. The fraction of sp³-hybridized carbons (Fsp3) is 0.625. The second-order valence-corrected chi connectivity index (χ2v) is 11.0. The topological polar surface area (TPSA) is 193 Å². The number of carbonyl (C=O) groups excluding carboxylic acids is 3. The van der Waals surface area contributed by atoms with Gasteiger partial charge in [0.2, 0.25) is 17.7 Å². The fourth-order valence-corrected chi connectivity index (χ4v) is 4.49. The molecule has 0 saturated carbocycles. The van der Waals surface area contributed by atoms with Crippen molar-refractivity contribution in [3.05, 3.63) is 36.0 Å². The summed E-state index contributed by atoms with van der Waals surface area (Å²) in [7, 11) is 5.13. The quantitative estimate of drug-likeness (QED) is 0.0643. The summed E-state index contributed by atoms with van der Waals surface area (Å²) >= 11 is 0. The number of aromatic nitrogens is 1. The maximum Gasteiger partial charge on any atom is 0.326 e. The van der Waals surface area contributed by atoms with Crippen LogP contribution >= 0.6 is 0 Å². The van der Waals surface area contributed by atoms with Crippen molar-refractivity contribution in [2.75, 3.05) is 93.7 Å². The SMILES string of the molecule is CNN(C)Cc1cc2ccccc2n1C(=O)C[C@@H](CO)NCC(=O)NCCOCCOCCOCCOCCC(=O)N(C)[C@@H](C)C(=O)O. The van der Waals surface area contributed by atoms with Gasteiger partial charge in [-0.15, -0.1) is 0 Å². The molecular formula is C32H52N6O10. The number of fused-ring (bicyclic) bond motifs is 1. The van der Waals surface area contributed by atoms with E-state index in [1.54, 1.807) is 11.6 Å². The van der Waals surface area contributed by atoms with Gasteiger partial charge in [-0.3, -0.25) is 24.4 Å². The molecule has 48 heavy (non-hydrogen) atoms. The Morgan fingerprint density at radius 1 is 0.917 bits per heavy atom. The number of rotatable bonds is 26. The summed E-state index contributed by atoms with van der Waals surface area (Å²) in [5.74, 6) is -1.83. The molecule has 270 valence electrons. The number of aliphatic hydroxyl groups is 1. The molecule has 2 rings (SSSR count). The van der Waals surface area contributed by atoms with Crippen molar-refractivity contribution in [3.63, 3.8) is 0 Å². The van der Waals surface area contributed by atoms with E-state index in [9.17, 15) is 24.3 Å². The number of nitrogens with zero attached hydrogens (tertiary/aromatic N) is 3. The number of aliphatic hydroxyl groups excluding tert-OH is 1. The van der Waals surface area contributed by atoms with E-state index in [2.05, 4.69) is 16.1 Å². The Labute approximate surface area is 281 Å². The number of carboxylic acids is 1. The highest BCUT2D eigenvalue weighted by molar-refractivity contribution is 5.94. The van der Waals surface area contributed by atoms with Crippen molar-refractivity contribution in [2.24, 2.45) is 0 Å². The number of aliphatic carboxylic acids is 1. The second-order valence-electron chi connectivity index (χ2n) is 11.0. The van der Waals surface area contributed by atoms with Gasteiger partial charge in [-0.2, -0.15) is 0 Å². The summed E-state index contributed by atoms with van der Waals surface area (Å²) in [6, 6.07) is 8.12. The minimum absolute atomic E-state index is 0.0118. The Kier molecular flexibility index (Phi) is 19.5. The number of amides is 2. The summed E-state index contributed by atoms with van der Waals surface area (Å²) in [6.07, 6.45) is 0.103. The van der Waals surface area contributed by atoms with E-state index in [4.69, 9.17) is 24.1 Å². The number of hydrogen-bond acceptors (Lipinski definition) is 12. The van der Waals surface area contributed by atoms with E-state index in [1.165, 1.54) is 18.9 Å². The van der Waals surface area contributed by atoms with Gasteiger partial charge in [-0.1, -0.05) is 18.2 Å². The van der Waals surface area contributed by atoms with E-state index in [1.807, 2.05) is 42.4 Å². The van der Waals surface area contributed by atoms with E-state index in [0.29, 0.717) is 59.3 Å². The maximum absolute atomic E-state index is 13.3. The Balaban J connectivity index is 1.50. The third kappa shape index (κ3) is 14.7. The van der Waals surface area contributed by atoms with Crippen LogP contribution in [0.4, 0.5) is 0 Å². The van der Waals surface area contributed by atoms with Crippen LogP contribution in [0.25, 0.3) is 10.9 Å². The number of hydrogen-bond donors (Lipinski definition) is 5. The van der Waals surface area contributed by atoms with E-state index in [-0.39, 0.29) is 50.3 Å². The molecule has 0 radical (unpaired) electrons. The first-order valence-corrected chi connectivity index (χ1v) is 16.0. The van der Waals surface area contributed by atoms with Crippen molar-refractivity contribution in [3.8, 4) is 0 Å². The van der Waals surface area contributed by atoms with E-state index >= 15 is 0 Å². The molecule has 1 aromatic heterocycles. The lowest BCUT2D eigenvalue weighted by atomic mass is 10.2. The Morgan fingerprint density at radius 2 is 1.52 bits per heavy atom. The summed E-state index contributed by atoms with van der Waals surface area (Å²) in [5, 5.41) is 27.3. The smallest absolute Gasteiger partial charge is 0.326 e. The van der Waals surface area contributed by atoms with Crippen LogP contribution in [0.15, 0.2) is 30.3 Å². The molecule has 0 aliphatic rings. The third-order valence-electron chi connectivity index (χ3n) is 7.49. The molecule has 16 nitrogen and oxygen atoms in total. The zero-order valence-corrected chi connectivity index (χ0v) is 28.4. The fourth-order valence-electron chi connectivity index (χ4n) is 4.49. The number of para-hydroxylation sites is 1. The molecule has 2 aromatic rings. The summed E-state index contributed by atoms with van der Waals surface area (Å²) in [4.78, 5) is 49.6. The predicted octanol–water partition coefficient (Wildman–Crippen LogP) is -0.307. The lowest BCUT2D eigenvalue weighted by Gasteiger charge is -2.21. The van der Waals surface area contributed by atoms with Gasteiger partial charge in [-0.05, 0) is 26.1 Å². The van der Waals surface area contributed by atoms with E-state index in [0.717, 1.165) is 16.6 Å². The van der Waals surface area contributed by atoms with Gasteiger partial charge < -0.3 is 44.7 Å². The summed E-state index contributed by atoms with van der Waals surface area (Å²) < 4.78 is 23.3. The van der Waals surface area contributed by atoms with Crippen molar-refractivity contribution < 1.29 is 48.3 Å². The normalized spacial score (nSPS) is 12.7. The van der Waals surface area contributed by atoms with Gasteiger partial charge in [0.15, 0.2) is 0 Å². The molecule has 1 aromatic carbocycles. The second kappa shape index (κ2) is 23.0. The molecule has 0 unspecified atom stereocenters. The molecular weight excluding hydrogens is 628 g/mol. The molecule has 0 aliphatic heterocycles. The Morgan fingerprint density at radius 3 is 2.12 bits per heavy atom. The zero-order valence-electron chi connectivity index (χ0n) is 28.4. The Bertz CT molecular complexity index is 1280. The van der Waals surface area contributed by atoms with Gasteiger partial charge in [0, 0.05) is 44.2 Å². The number of carbonyl (C=O) groups is 4. The Hall–Kier alpha value is -3.48. The molecule has 5 N–H and O–H groups in total. The highest BCUT2D eigenvalue weighted by Gasteiger charge is 2.22. The van der Waals surface area contributed by atoms with Crippen molar-refractivity contribution >= 4 is 34.6 Å². The van der Waals surface area contributed by atoms with Gasteiger partial charge in [0.05, 0.1) is 84.5 Å². The van der Waals surface area contributed by atoms with Gasteiger partial charge in [0.25, 0.3) is 0 Å². The molecule has 0 saturated heterocycles. The first-order valence-electron chi connectivity index (χ1n) is 16.0. The van der Waals surface area contributed by atoms with Crippen LogP contribution in [-0.4, -0.2) is 154 Å². The lowest BCUT2D eigenvalue weighted by molar-refractivity contribution is -0.148. The van der Waals surface area contributed by atoms with Crippen LogP contribution in [0.2, 0.25) is 0 Å². The maximum atomic E-state index is 13.3. The lowest BCUT2D eigenvalue weighted by Crippen LogP contribution is -2.43. The molecule has 0 fully saturated rings. The molecule has 1 heterocycles. The van der Waals surface area contributed by atoms with Crippen molar-refractivity contribution in [2.45, 2.75) is 38.4 Å². The van der Waals surface area contributed by atoms with Crippen molar-refractivity contribution in [1.29, 1.82) is 0 Å². The predicted molar refractivity (Wildman–Crippen MR) is 177 cm³/mol. The number of benzene rings is 1. The van der Waals surface area contributed by atoms with Crippen LogP contribution in [0.3, 0.4) is 0 Å². The highest BCUT2D eigenvalue weighted by atomic mass is 16.6. The van der Waals surface area contributed by atoms with E-state index < -0.39 is 18.1 Å². The molecule has 0 aliphatic carbocycles. The molecule has 2 atom stereocenters. The standard InChI is InChI=1S/C32H52N6O10/c1-24(32(43)44)37(4)30(41)9-11-45-13-15-47-17-18-48-16-14-46-12-10-34-29(40)21-35-26(23-39)20-31(42)38-27(22-36(3)33-2)19-25-7-5-6-8-28(25)38/h5-8,19,24,26,33,35,39H,9-18,20-23H2,1-4H3,(H,34,40)(H,43,44)/t24-,26-/m0/s1. The number of nitrogens with one attached hydrogen (secondary N) is 3. The van der Waals surface area contributed by atoms with Gasteiger partial charge in [0.1, 0.15) is 6.04 Å². The third-order valence-corrected chi connectivity index (χ3v) is 7.49. The number of hydrazine groups is 1. The first-order chi connectivity index (χ1) is 23.1. The van der Waals surface area contributed by atoms with Crippen LogP contribution in [-0.2, 0) is 39.9 Å². The molecule has 0 bridgehead atoms. The minimum atomic E-state index is -1.06. The largest absolute Gasteiger partial charge is 0.480 e. The molecule has 0 spiro atoms. The number of likely N-dealkylation sites (N-methyl/N-ethyl adjacent to an activating group) is 1. The zero-order chi connectivity index (χ0) is 35.3. The molecule has 16 heteroatoms. The van der Waals surface area contributed by atoms with Crippen LogP contribution in [0.5, 0.6) is 0 Å². The summed E-state index contributed by atoms with van der Waals surface area (Å²) in [5.41, 5.74) is 4.64.